The highest BCUT2D eigenvalue weighted by atomic mass is 79.9. The first-order chi connectivity index (χ1) is 8.48. The fraction of sp³-hybridized carbons (Fsp3) is 0.538. The van der Waals surface area contributed by atoms with Crippen LogP contribution in [0.2, 0.25) is 0 Å². The Bertz CT molecular complexity index is 443. The van der Waals surface area contributed by atoms with Crippen LogP contribution in [0.4, 0.5) is 8.78 Å². The van der Waals surface area contributed by atoms with E-state index in [1.807, 2.05) is 0 Å². The standard InChI is InChI=1S/C13H15BrF2O2/c1-18-8-4-6-13(17,7-5-8)11-10(15)3-2-9(14)12(11)16/h2-3,8,17H,4-7H2,1H3. The summed E-state index contributed by atoms with van der Waals surface area (Å²) < 4.78 is 33.1. The van der Waals surface area contributed by atoms with Gasteiger partial charge in [-0.1, -0.05) is 0 Å². The van der Waals surface area contributed by atoms with E-state index in [1.165, 1.54) is 12.1 Å². The number of methoxy groups -OCH3 is 1. The van der Waals surface area contributed by atoms with Gasteiger partial charge in [0.25, 0.3) is 0 Å². The molecule has 1 aliphatic rings. The number of halogens is 3. The molecule has 0 bridgehead atoms. The highest BCUT2D eigenvalue weighted by Gasteiger charge is 2.39. The SMILES string of the molecule is COC1CCC(O)(c2c(F)ccc(Br)c2F)CC1. The van der Waals surface area contributed by atoms with Crippen LogP contribution in [0.5, 0.6) is 0 Å². The van der Waals surface area contributed by atoms with E-state index in [0.717, 1.165) is 0 Å². The minimum absolute atomic E-state index is 0.0588. The second-order valence-corrected chi connectivity index (χ2v) is 5.54. The highest BCUT2D eigenvalue weighted by Crippen LogP contribution is 2.41. The quantitative estimate of drug-likeness (QED) is 0.845. The fourth-order valence-corrected chi connectivity index (χ4v) is 2.84. The normalized spacial score (nSPS) is 28.4. The van der Waals surface area contributed by atoms with Crippen molar-refractivity contribution >= 4 is 15.9 Å². The molecule has 0 amide bonds. The van der Waals surface area contributed by atoms with Crippen molar-refractivity contribution in [2.75, 3.05) is 7.11 Å². The number of hydrogen-bond donors (Lipinski definition) is 1. The molecule has 0 radical (unpaired) electrons. The van der Waals surface area contributed by atoms with E-state index in [-0.39, 0.29) is 16.1 Å². The zero-order chi connectivity index (χ0) is 13.3. The molecule has 18 heavy (non-hydrogen) atoms. The number of benzene rings is 1. The topological polar surface area (TPSA) is 29.5 Å². The Hall–Kier alpha value is -0.520. The van der Waals surface area contributed by atoms with Gasteiger partial charge in [-0.3, -0.25) is 0 Å². The summed E-state index contributed by atoms with van der Waals surface area (Å²) >= 11 is 3.02. The van der Waals surface area contributed by atoms with E-state index in [1.54, 1.807) is 7.11 Å². The van der Waals surface area contributed by atoms with E-state index >= 15 is 0 Å². The van der Waals surface area contributed by atoms with Gasteiger partial charge in [0, 0.05) is 7.11 Å². The molecule has 2 nitrogen and oxygen atoms in total. The molecular formula is C13H15BrF2O2. The third-order valence-corrected chi connectivity index (χ3v) is 4.21. The van der Waals surface area contributed by atoms with E-state index in [9.17, 15) is 13.9 Å². The van der Waals surface area contributed by atoms with Crippen LogP contribution in [0.15, 0.2) is 16.6 Å². The predicted molar refractivity (Wildman–Crippen MR) is 67.2 cm³/mol. The lowest BCUT2D eigenvalue weighted by molar-refractivity contribution is -0.0515. The maximum atomic E-state index is 14.0. The van der Waals surface area contributed by atoms with Gasteiger partial charge in [0.05, 0.1) is 21.7 Å². The zero-order valence-electron chi connectivity index (χ0n) is 10.0. The first-order valence-electron chi connectivity index (χ1n) is 5.87. The van der Waals surface area contributed by atoms with E-state index in [2.05, 4.69) is 15.9 Å². The number of aliphatic hydroxyl groups is 1. The molecule has 1 aromatic rings. The second kappa shape index (κ2) is 5.23. The summed E-state index contributed by atoms with van der Waals surface area (Å²) in [6, 6.07) is 2.47. The fourth-order valence-electron chi connectivity index (χ4n) is 2.51. The molecule has 1 aliphatic carbocycles. The molecular weight excluding hydrogens is 306 g/mol. The average Bonchev–Trinajstić information content (AvgIpc) is 2.35. The first kappa shape index (κ1) is 13.9. The van der Waals surface area contributed by atoms with Crippen LogP contribution in [0.3, 0.4) is 0 Å². The molecule has 5 heteroatoms. The van der Waals surface area contributed by atoms with Crippen molar-refractivity contribution in [3.8, 4) is 0 Å². The Morgan fingerprint density at radius 3 is 2.50 bits per heavy atom. The van der Waals surface area contributed by atoms with Gasteiger partial charge in [0.1, 0.15) is 11.6 Å². The molecule has 1 fully saturated rings. The van der Waals surface area contributed by atoms with Crippen molar-refractivity contribution in [2.45, 2.75) is 37.4 Å². The average molecular weight is 321 g/mol. The van der Waals surface area contributed by atoms with E-state index in [4.69, 9.17) is 4.74 Å². The lowest BCUT2D eigenvalue weighted by Crippen LogP contribution is -2.35. The van der Waals surface area contributed by atoms with Gasteiger partial charge in [-0.15, -0.1) is 0 Å². The summed E-state index contributed by atoms with van der Waals surface area (Å²) in [6.07, 6.45) is 1.85. The van der Waals surface area contributed by atoms with Crippen LogP contribution in [-0.4, -0.2) is 18.3 Å². The minimum atomic E-state index is -1.44. The van der Waals surface area contributed by atoms with Crippen molar-refractivity contribution in [3.05, 3.63) is 33.8 Å². The monoisotopic (exact) mass is 320 g/mol. The maximum absolute atomic E-state index is 14.0. The van der Waals surface area contributed by atoms with Crippen LogP contribution in [0.1, 0.15) is 31.2 Å². The molecule has 0 unspecified atom stereocenters. The molecule has 2 rings (SSSR count). The van der Waals surface area contributed by atoms with Crippen LogP contribution in [-0.2, 0) is 10.3 Å². The van der Waals surface area contributed by atoms with Crippen LogP contribution < -0.4 is 0 Å². The van der Waals surface area contributed by atoms with Gasteiger partial charge in [0.2, 0.25) is 0 Å². The number of ether oxygens (including phenoxy) is 1. The van der Waals surface area contributed by atoms with E-state index < -0.39 is 17.2 Å². The van der Waals surface area contributed by atoms with Crippen molar-refractivity contribution in [2.24, 2.45) is 0 Å². The molecule has 1 N–H and O–H groups in total. The lowest BCUT2D eigenvalue weighted by Gasteiger charge is -2.36. The smallest absolute Gasteiger partial charge is 0.146 e. The van der Waals surface area contributed by atoms with Crippen molar-refractivity contribution in [3.63, 3.8) is 0 Å². The summed E-state index contributed by atoms with van der Waals surface area (Å²) in [5.41, 5.74) is -1.67. The largest absolute Gasteiger partial charge is 0.385 e. The van der Waals surface area contributed by atoms with Gasteiger partial charge in [0.15, 0.2) is 0 Å². The van der Waals surface area contributed by atoms with Crippen molar-refractivity contribution in [1.82, 2.24) is 0 Å². The summed E-state index contributed by atoms with van der Waals surface area (Å²) in [4.78, 5) is 0. The molecule has 1 aromatic carbocycles. The van der Waals surface area contributed by atoms with Crippen molar-refractivity contribution in [1.29, 1.82) is 0 Å². The maximum Gasteiger partial charge on any atom is 0.146 e. The Morgan fingerprint density at radius 2 is 1.94 bits per heavy atom. The Balaban J connectivity index is 2.34. The summed E-state index contributed by atoms with van der Waals surface area (Å²) in [5.74, 6) is -1.41. The highest BCUT2D eigenvalue weighted by molar-refractivity contribution is 9.10. The molecule has 0 aliphatic heterocycles. The Morgan fingerprint density at radius 1 is 1.33 bits per heavy atom. The molecule has 0 heterocycles. The molecule has 0 saturated heterocycles. The molecule has 100 valence electrons. The Labute approximate surface area is 113 Å². The first-order valence-corrected chi connectivity index (χ1v) is 6.66. The third-order valence-electron chi connectivity index (χ3n) is 3.60. The van der Waals surface area contributed by atoms with Gasteiger partial charge in [-0.2, -0.15) is 0 Å². The predicted octanol–water partition coefficient (Wildman–Crippen LogP) is 3.50. The minimum Gasteiger partial charge on any atom is -0.385 e. The third kappa shape index (κ3) is 2.44. The molecule has 1 saturated carbocycles. The summed E-state index contributed by atoms with van der Waals surface area (Å²) in [5, 5.41) is 10.5. The summed E-state index contributed by atoms with van der Waals surface area (Å²) in [6.45, 7) is 0. The van der Waals surface area contributed by atoms with Crippen LogP contribution >= 0.6 is 15.9 Å². The Kier molecular flexibility index (Phi) is 4.04. The van der Waals surface area contributed by atoms with Crippen molar-refractivity contribution < 1.29 is 18.6 Å². The number of hydrogen-bond acceptors (Lipinski definition) is 2. The van der Waals surface area contributed by atoms with Gasteiger partial charge in [-0.05, 0) is 53.7 Å². The second-order valence-electron chi connectivity index (χ2n) is 4.68. The molecule has 0 atom stereocenters. The van der Waals surface area contributed by atoms with Gasteiger partial charge < -0.3 is 9.84 Å². The van der Waals surface area contributed by atoms with E-state index in [0.29, 0.717) is 25.7 Å². The van der Waals surface area contributed by atoms with Crippen LogP contribution in [0.25, 0.3) is 0 Å². The summed E-state index contributed by atoms with van der Waals surface area (Å²) in [7, 11) is 1.61. The number of rotatable bonds is 2. The lowest BCUT2D eigenvalue weighted by atomic mass is 9.78. The molecule has 0 spiro atoms. The van der Waals surface area contributed by atoms with Gasteiger partial charge in [-0.25, -0.2) is 8.78 Å². The van der Waals surface area contributed by atoms with Crippen LogP contribution in [0, 0.1) is 11.6 Å². The zero-order valence-corrected chi connectivity index (χ0v) is 11.6. The molecule has 0 aromatic heterocycles. The van der Waals surface area contributed by atoms with Gasteiger partial charge >= 0.3 is 0 Å².